The van der Waals surface area contributed by atoms with Gasteiger partial charge in [-0.3, -0.25) is 4.79 Å². The summed E-state index contributed by atoms with van der Waals surface area (Å²) < 4.78 is 0. The van der Waals surface area contributed by atoms with Gasteiger partial charge in [-0.2, -0.15) is 11.8 Å². The highest BCUT2D eigenvalue weighted by Crippen LogP contribution is 2.25. The molecule has 1 atom stereocenters. The number of thiazole rings is 1. The van der Waals surface area contributed by atoms with E-state index in [-0.39, 0.29) is 0 Å². The summed E-state index contributed by atoms with van der Waals surface area (Å²) in [5.74, 6) is 0.576. The fraction of sp³-hybridized carbons (Fsp3) is 0.286. The Labute approximate surface area is 126 Å². The predicted octanol–water partition coefficient (Wildman–Crippen LogP) is 2.85. The third kappa shape index (κ3) is 4.33. The number of aromatic nitrogens is 1. The molecule has 0 radical (unpaired) electrons. The Hall–Kier alpha value is -1.37. The number of thioether (sulfide) groups is 1. The van der Waals surface area contributed by atoms with Crippen molar-refractivity contribution >= 4 is 29.1 Å². The molecule has 0 saturated carbocycles. The average molecular weight is 308 g/mol. The van der Waals surface area contributed by atoms with Gasteiger partial charge in [-0.1, -0.05) is 30.3 Å². The molecule has 6 heteroatoms. The van der Waals surface area contributed by atoms with Crippen LogP contribution in [0.5, 0.6) is 0 Å². The first kappa shape index (κ1) is 15.0. The number of nitrogens with two attached hydrogens (primary N) is 1. The zero-order chi connectivity index (χ0) is 14.4. The molecule has 0 fully saturated rings. The van der Waals surface area contributed by atoms with E-state index in [2.05, 4.69) is 4.98 Å². The standard InChI is InChI=1S/C14H16N2O2S2/c15-12(14(17)18)6-7-19-8-11-9-20-13(16-11)10-4-2-1-3-5-10/h1-5,9,12H,6-8,15H2,(H,17,18). The first-order valence-corrected chi connectivity index (χ1v) is 8.26. The van der Waals surface area contributed by atoms with Crippen LogP contribution >= 0.6 is 23.1 Å². The van der Waals surface area contributed by atoms with Crippen molar-refractivity contribution in [2.45, 2.75) is 18.2 Å². The normalized spacial score (nSPS) is 12.2. The van der Waals surface area contributed by atoms with Crippen LogP contribution in [0.25, 0.3) is 10.6 Å². The molecule has 0 aliphatic carbocycles. The summed E-state index contributed by atoms with van der Waals surface area (Å²) in [5.41, 5.74) is 7.61. The quantitative estimate of drug-likeness (QED) is 0.769. The summed E-state index contributed by atoms with van der Waals surface area (Å²) in [6.45, 7) is 0. The van der Waals surface area contributed by atoms with Crippen LogP contribution in [0.4, 0.5) is 0 Å². The molecular weight excluding hydrogens is 292 g/mol. The summed E-state index contributed by atoms with van der Waals surface area (Å²) in [5, 5.41) is 11.7. The number of hydrogen-bond donors (Lipinski definition) is 2. The van der Waals surface area contributed by atoms with Gasteiger partial charge < -0.3 is 10.8 Å². The van der Waals surface area contributed by atoms with E-state index in [1.807, 2.05) is 35.7 Å². The largest absolute Gasteiger partial charge is 0.480 e. The second-order valence-corrected chi connectivity index (χ2v) is 6.26. The van der Waals surface area contributed by atoms with Gasteiger partial charge in [-0.15, -0.1) is 11.3 Å². The highest BCUT2D eigenvalue weighted by atomic mass is 32.2. The Morgan fingerprint density at radius 3 is 2.85 bits per heavy atom. The summed E-state index contributed by atoms with van der Waals surface area (Å²) in [6, 6.07) is 9.30. The second-order valence-electron chi connectivity index (χ2n) is 4.30. The highest BCUT2D eigenvalue weighted by molar-refractivity contribution is 7.98. The highest BCUT2D eigenvalue weighted by Gasteiger charge is 2.10. The second kappa shape index (κ2) is 7.42. The molecule has 1 unspecified atom stereocenters. The van der Waals surface area contributed by atoms with Gasteiger partial charge in [0, 0.05) is 16.7 Å². The van der Waals surface area contributed by atoms with Crippen LogP contribution in [0.15, 0.2) is 35.7 Å². The zero-order valence-electron chi connectivity index (χ0n) is 10.9. The van der Waals surface area contributed by atoms with Crippen molar-refractivity contribution in [2.75, 3.05) is 5.75 Å². The molecule has 0 bridgehead atoms. The number of nitrogens with zero attached hydrogens (tertiary/aromatic N) is 1. The minimum Gasteiger partial charge on any atom is -0.480 e. The first-order valence-electron chi connectivity index (χ1n) is 6.23. The fourth-order valence-corrected chi connectivity index (χ4v) is 3.45. The molecule has 20 heavy (non-hydrogen) atoms. The van der Waals surface area contributed by atoms with Crippen LogP contribution in [-0.4, -0.2) is 27.9 Å². The Balaban J connectivity index is 1.81. The van der Waals surface area contributed by atoms with Crippen molar-refractivity contribution in [3.05, 3.63) is 41.4 Å². The molecule has 4 nitrogen and oxygen atoms in total. The van der Waals surface area contributed by atoms with Crippen LogP contribution < -0.4 is 5.73 Å². The number of benzene rings is 1. The number of hydrogen-bond acceptors (Lipinski definition) is 5. The van der Waals surface area contributed by atoms with E-state index in [0.29, 0.717) is 6.42 Å². The van der Waals surface area contributed by atoms with Crippen molar-refractivity contribution in [1.82, 2.24) is 4.98 Å². The molecule has 0 aliphatic rings. The van der Waals surface area contributed by atoms with E-state index < -0.39 is 12.0 Å². The third-order valence-electron chi connectivity index (χ3n) is 2.71. The number of carboxylic acids is 1. The monoisotopic (exact) mass is 308 g/mol. The smallest absolute Gasteiger partial charge is 0.320 e. The van der Waals surface area contributed by atoms with E-state index >= 15 is 0 Å². The first-order chi connectivity index (χ1) is 9.66. The van der Waals surface area contributed by atoms with Gasteiger partial charge in [0.2, 0.25) is 0 Å². The minimum atomic E-state index is -0.939. The van der Waals surface area contributed by atoms with Crippen molar-refractivity contribution < 1.29 is 9.90 Å². The molecule has 0 amide bonds. The maximum atomic E-state index is 10.6. The summed E-state index contributed by atoms with van der Waals surface area (Å²) in [4.78, 5) is 15.2. The van der Waals surface area contributed by atoms with Gasteiger partial charge in [0.05, 0.1) is 5.69 Å². The minimum absolute atomic E-state index is 0.482. The molecule has 1 heterocycles. The van der Waals surface area contributed by atoms with Crippen LogP contribution in [0, 0.1) is 0 Å². The Morgan fingerprint density at radius 2 is 2.15 bits per heavy atom. The van der Waals surface area contributed by atoms with Gasteiger partial charge in [0.25, 0.3) is 0 Å². The van der Waals surface area contributed by atoms with E-state index in [4.69, 9.17) is 10.8 Å². The molecule has 3 N–H and O–H groups in total. The molecule has 2 aromatic rings. The number of carboxylic acid groups (broad SMARTS) is 1. The molecule has 0 saturated heterocycles. The predicted molar refractivity (Wildman–Crippen MR) is 83.9 cm³/mol. The van der Waals surface area contributed by atoms with Crippen molar-refractivity contribution in [3.63, 3.8) is 0 Å². The molecule has 2 rings (SSSR count). The topological polar surface area (TPSA) is 76.2 Å². The summed E-state index contributed by atoms with van der Waals surface area (Å²) in [7, 11) is 0. The lowest BCUT2D eigenvalue weighted by atomic mass is 10.2. The van der Waals surface area contributed by atoms with Gasteiger partial charge in [-0.05, 0) is 12.2 Å². The molecule has 1 aromatic heterocycles. The number of aliphatic carboxylic acids is 1. The van der Waals surface area contributed by atoms with Crippen LogP contribution in [0.3, 0.4) is 0 Å². The van der Waals surface area contributed by atoms with Gasteiger partial charge >= 0.3 is 5.97 Å². The Morgan fingerprint density at radius 1 is 1.40 bits per heavy atom. The fourth-order valence-electron chi connectivity index (χ4n) is 1.60. The van der Waals surface area contributed by atoms with Crippen molar-refractivity contribution in [3.8, 4) is 10.6 Å². The molecular formula is C14H16N2O2S2. The molecule has 0 aliphatic heterocycles. The lowest BCUT2D eigenvalue weighted by molar-refractivity contribution is -0.138. The Bertz CT molecular complexity index is 557. The van der Waals surface area contributed by atoms with Crippen molar-refractivity contribution in [1.29, 1.82) is 0 Å². The van der Waals surface area contributed by atoms with Gasteiger partial charge in [-0.25, -0.2) is 4.98 Å². The van der Waals surface area contributed by atoms with Crippen LogP contribution in [-0.2, 0) is 10.5 Å². The molecule has 1 aromatic carbocycles. The summed E-state index contributed by atoms with van der Waals surface area (Å²) in [6.07, 6.45) is 0.482. The lowest BCUT2D eigenvalue weighted by Crippen LogP contribution is -2.30. The number of rotatable bonds is 7. The third-order valence-corrected chi connectivity index (χ3v) is 4.68. The van der Waals surface area contributed by atoms with Crippen LogP contribution in [0.1, 0.15) is 12.1 Å². The van der Waals surface area contributed by atoms with Crippen molar-refractivity contribution in [2.24, 2.45) is 5.73 Å². The van der Waals surface area contributed by atoms with Crippen LogP contribution in [0.2, 0.25) is 0 Å². The summed E-state index contributed by atoms with van der Waals surface area (Å²) >= 11 is 3.29. The van der Waals surface area contributed by atoms with Gasteiger partial charge in [0.1, 0.15) is 11.0 Å². The molecule has 106 valence electrons. The average Bonchev–Trinajstić information content (AvgIpc) is 2.93. The van der Waals surface area contributed by atoms with E-state index in [1.54, 1.807) is 23.1 Å². The van der Waals surface area contributed by atoms with E-state index in [1.165, 1.54) is 0 Å². The van der Waals surface area contributed by atoms with E-state index in [9.17, 15) is 4.79 Å². The zero-order valence-corrected chi connectivity index (χ0v) is 12.5. The van der Waals surface area contributed by atoms with Gasteiger partial charge in [0.15, 0.2) is 0 Å². The SMILES string of the molecule is NC(CCSCc1csc(-c2ccccc2)n1)C(=O)O. The maximum absolute atomic E-state index is 10.6. The maximum Gasteiger partial charge on any atom is 0.320 e. The number of carbonyl (C=O) groups is 1. The lowest BCUT2D eigenvalue weighted by Gasteiger charge is -2.04. The van der Waals surface area contributed by atoms with E-state index in [0.717, 1.165) is 27.8 Å². The Kier molecular flexibility index (Phi) is 5.58. The molecule has 0 spiro atoms.